The first-order chi connectivity index (χ1) is 36.3. The fourth-order valence-electron chi connectivity index (χ4n) is 11.8. The number of nitrogens with zero attached hydrogens (tertiary/aromatic N) is 2. The van der Waals surface area contributed by atoms with E-state index in [4.69, 9.17) is 0 Å². The molecule has 0 spiro atoms. The van der Waals surface area contributed by atoms with Crippen LogP contribution in [0.1, 0.15) is 85.0 Å². The average molecular weight is 961 g/mol. The minimum atomic E-state index is -0.199. The van der Waals surface area contributed by atoms with E-state index in [1.807, 2.05) is 24.3 Å². The number of carbonyl (C=O) groups is 1. The van der Waals surface area contributed by atoms with E-state index < -0.39 is 0 Å². The quantitative estimate of drug-likeness (QED) is 0.0742. The van der Waals surface area contributed by atoms with Crippen LogP contribution < -0.4 is 9.13 Å². The Morgan fingerprint density at radius 2 is 1.01 bits per heavy atom. The maximum absolute atomic E-state index is 15.1. The summed E-state index contributed by atoms with van der Waals surface area (Å²) >= 11 is 0. The molecule has 0 saturated carbocycles. The van der Waals surface area contributed by atoms with Crippen LogP contribution in [0.25, 0.3) is 78.1 Å². The van der Waals surface area contributed by atoms with E-state index in [0.29, 0.717) is 17.0 Å². The molecule has 3 nitrogen and oxygen atoms in total. The van der Waals surface area contributed by atoms with Crippen LogP contribution in [0.15, 0.2) is 237 Å². The van der Waals surface area contributed by atoms with Crippen molar-refractivity contribution in [2.45, 2.75) is 77.8 Å². The van der Waals surface area contributed by atoms with E-state index in [1.54, 1.807) is 0 Å². The predicted octanol–water partition coefficient (Wildman–Crippen LogP) is 17.1. The van der Waals surface area contributed by atoms with Crippen LogP contribution in [-0.4, -0.2) is 5.78 Å². The number of carbonyl (C=O) groups excluding carboxylic acids is 1. The number of aryl methyl sites for hydroxylation is 2. The van der Waals surface area contributed by atoms with Crippen molar-refractivity contribution in [3.63, 3.8) is 0 Å². The molecule has 0 radical (unpaired) electrons. The van der Waals surface area contributed by atoms with Crippen LogP contribution >= 0.6 is 0 Å². The van der Waals surface area contributed by atoms with Crippen LogP contribution in [0.4, 0.5) is 0 Å². The van der Waals surface area contributed by atoms with Gasteiger partial charge in [-0.25, -0.2) is 0 Å². The molecule has 0 bridgehead atoms. The predicted molar refractivity (Wildman–Crippen MR) is 306 cm³/mol. The lowest BCUT2D eigenvalue weighted by Crippen LogP contribution is -2.68. The summed E-state index contributed by atoms with van der Waals surface area (Å²) in [5.41, 5.74) is 21.0. The largest absolute Gasteiger partial charge is 0.289 e. The highest BCUT2D eigenvalue weighted by atomic mass is 16.1. The maximum Gasteiger partial charge on any atom is 0.232 e. The van der Waals surface area contributed by atoms with Crippen molar-refractivity contribution >= 4 is 5.78 Å². The molecular weight excluding hydrogens is 897 g/mol. The highest BCUT2D eigenvalue weighted by Gasteiger charge is 2.55. The Balaban J connectivity index is 0.961. The molecular formula is C71H64N2O+2. The third-order valence-corrected chi connectivity index (χ3v) is 15.8. The van der Waals surface area contributed by atoms with Crippen molar-refractivity contribution in [1.29, 1.82) is 0 Å². The van der Waals surface area contributed by atoms with E-state index in [1.165, 1.54) is 52.0 Å². The second-order valence-electron chi connectivity index (χ2n) is 20.2. The number of hydrogen-bond donors (Lipinski definition) is 0. The standard InChI is InChI=1S/C71H64N2O/c1-5-8-22-51-38-40-73-69(41-51)65-34-16-15-33-64(65)67(6-2)71(73,7-3)49-72-39-18-17-35-68(72)66-48-59(37-36-50(66)4)56-29-21-32-60(44-56)70(74)63-46-61(57-30-19-27-54(42-57)52-23-11-9-12-24-52)45-62(47-63)58-31-20-28-55(43-58)53-25-13-10-14-26-53/h9-21,23-48,67H,5-8,22,49H2,1-4H3/q+2. The Morgan fingerprint density at radius 1 is 0.459 bits per heavy atom. The molecule has 10 aromatic rings. The van der Waals surface area contributed by atoms with Gasteiger partial charge >= 0.3 is 0 Å². The van der Waals surface area contributed by atoms with E-state index >= 15 is 4.79 Å². The van der Waals surface area contributed by atoms with Gasteiger partial charge in [-0.2, -0.15) is 9.13 Å². The fourth-order valence-corrected chi connectivity index (χ4v) is 11.8. The van der Waals surface area contributed by atoms with Crippen LogP contribution in [-0.2, 0) is 18.5 Å². The summed E-state index contributed by atoms with van der Waals surface area (Å²) in [6.07, 6.45) is 10.2. The molecule has 2 aromatic heterocycles. The van der Waals surface area contributed by atoms with Gasteiger partial charge in [0.1, 0.15) is 0 Å². The van der Waals surface area contributed by atoms with Crippen LogP contribution in [0.3, 0.4) is 0 Å². The second-order valence-corrected chi connectivity index (χ2v) is 20.2. The normalized spacial score (nSPS) is 14.8. The van der Waals surface area contributed by atoms with Gasteiger partial charge in [0.25, 0.3) is 0 Å². The fraction of sp³-hybridized carbons (Fsp3) is 0.169. The van der Waals surface area contributed by atoms with E-state index in [2.05, 4.69) is 249 Å². The van der Waals surface area contributed by atoms with E-state index in [-0.39, 0.29) is 11.3 Å². The first kappa shape index (κ1) is 48.0. The van der Waals surface area contributed by atoms with Crippen molar-refractivity contribution in [2.24, 2.45) is 0 Å². The van der Waals surface area contributed by atoms with Crippen LogP contribution in [0.5, 0.6) is 0 Å². The van der Waals surface area contributed by atoms with Crippen LogP contribution in [0, 0.1) is 6.92 Å². The molecule has 1 aliphatic rings. The lowest BCUT2D eigenvalue weighted by molar-refractivity contribution is -0.828. The molecule has 11 rings (SSSR count). The number of fused-ring (bicyclic) bond motifs is 3. The molecule has 2 unspecified atom stereocenters. The monoisotopic (exact) mass is 961 g/mol. The SMILES string of the molecule is CCCCc1cc[n+]2c(c1)-c1ccccc1C(CC)C2(CC)C[n+]1ccccc1-c1cc(-c2cccc(C(=O)c3cc(-c4cccc(-c5ccccc5)c4)cc(-c4cccc(-c5ccccc5)c4)c3)c2)ccc1C. The molecule has 362 valence electrons. The molecule has 1 aliphatic heterocycles. The summed E-state index contributed by atoms with van der Waals surface area (Å²) in [5.74, 6) is 0.313. The van der Waals surface area contributed by atoms with E-state index in [0.717, 1.165) is 81.4 Å². The summed E-state index contributed by atoms with van der Waals surface area (Å²) in [7, 11) is 0. The van der Waals surface area contributed by atoms with Crippen molar-refractivity contribution in [1.82, 2.24) is 0 Å². The molecule has 3 heteroatoms. The highest BCUT2D eigenvalue weighted by molar-refractivity contribution is 6.11. The molecule has 8 aromatic carbocycles. The zero-order chi connectivity index (χ0) is 50.6. The molecule has 0 saturated heterocycles. The number of hydrogen-bond acceptors (Lipinski definition) is 1. The first-order valence-electron chi connectivity index (χ1n) is 26.7. The zero-order valence-electron chi connectivity index (χ0n) is 43.1. The Labute approximate surface area is 438 Å². The van der Waals surface area contributed by atoms with Gasteiger partial charge in [-0.05, 0) is 153 Å². The lowest BCUT2D eigenvalue weighted by Gasteiger charge is -2.38. The third-order valence-electron chi connectivity index (χ3n) is 15.8. The van der Waals surface area contributed by atoms with Crippen molar-refractivity contribution in [3.05, 3.63) is 265 Å². The Morgan fingerprint density at radius 3 is 1.66 bits per heavy atom. The summed E-state index contributed by atoms with van der Waals surface area (Å²) < 4.78 is 5.14. The van der Waals surface area contributed by atoms with Gasteiger partial charge < -0.3 is 0 Å². The molecule has 0 aliphatic carbocycles. The topological polar surface area (TPSA) is 24.8 Å². The Bertz CT molecular complexity index is 3550. The summed E-state index contributed by atoms with van der Waals surface area (Å²) in [6.45, 7) is 10.1. The number of unbranched alkanes of at least 4 members (excludes halogenated alkanes) is 1. The van der Waals surface area contributed by atoms with Gasteiger partial charge in [-0.3, -0.25) is 4.79 Å². The number of pyridine rings is 2. The van der Waals surface area contributed by atoms with Gasteiger partial charge in [-0.1, -0.05) is 173 Å². The Hall–Kier alpha value is -8.27. The van der Waals surface area contributed by atoms with Gasteiger partial charge in [0.05, 0.1) is 5.92 Å². The van der Waals surface area contributed by atoms with Gasteiger partial charge in [0, 0.05) is 52.9 Å². The van der Waals surface area contributed by atoms with Gasteiger partial charge in [-0.15, -0.1) is 0 Å². The summed E-state index contributed by atoms with van der Waals surface area (Å²) in [5, 5.41) is 0. The van der Waals surface area contributed by atoms with Crippen LogP contribution in [0.2, 0.25) is 0 Å². The van der Waals surface area contributed by atoms with E-state index in [9.17, 15) is 0 Å². The molecule has 0 N–H and O–H groups in total. The minimum Gasteiger partial charge on any atom is -0.289 e. The average Bonchev–Trinajstić information content (AvgIpc) is 3.47. The minimum absolute atomic E-state index is 0.0127. The zero-order valence-corrected chi connectivity index (χ0v) is 43.1. The molecule has 2 atom stereocenters. The lowest BCUT2D eigenvalue weighted by atomic mass is 9.70. The third kappa shape index (κ3) is 9.35. The Kier molecular flexibility index (Phi) is 13.7. The molecule has 74 heavy (non-hydrogen) atoms. The van der Waals surface area contributed by atoms with Gasteiger partial charge in [0.15, 0.2) is 18.2 Å². The number of benzene rings is 8. The van der Waals surface area contributed by atoms with Crippen molar-refractivity contribution in [2.75, 3.05) is 0 Å². The highest BCUT2D eigenvalue weighted by Crippen LogP contribution is 2.46. The van der Waals surface area contributed by atoms with Gasteiger partial charge in [0.2, 0.25) is 23.5 Å². The molecule has 3 heterocycles. The summed E-state index contributed by atoms with van der Waals surface area (Å²) in [6, 6.07) is 80.2. The summed E-state index contributed by atoms with van der Waals surface area (Å²) in [4.78, 5) is 15.1. The number of rotatable bonds is 15. The first-order valence-corrected chi connectivity index (χ1v) is 26.7. The number of ketones is 1. The van der Waals surface area contributed by atoms with Crippen molar-refractivity contribution < 1.29 is 13.9 Å². The smallest absolute Gasteiger partial charge is 0.232 e. The number of aromatic nitrogens is 2. The second kappa shape index (κ2) is 21.1. The maximum atomic E-state index is 15.1. The van der Waals surface area contributed by atoms with Crippen molar-refractivity contribution in [3.8, 4) is 78.1 Å². The molecule has 0 fully saturated rings. The molecule has 0 amide bonds.